The Hall–Kier alpha value is -0.990. The summed E-state index contributed by atoms with van der Waals surface area (Å²) < 4.78 is 2.26. The van der Waals surface area contributed by atoms with Gasteiger partial charge in [0, 0.05) is 24.0 Å². The third kappa shape index (κ3) is 1.91. The molecule has 0 unspecified atom stereocenters. The molecule has 0 bridgehead atoms. The molecule has 1 N–H and O–H groups in total. The number of nitrogens with one attached hydrogen (secondary N) is 1. The van der Waals surface area contributed by atoms with Crippen molar-refractivity contribution < 1.29 is 0 Å². The van der Waals surface area contributed by atoms with Crippen molar-refractivity contribution >= 4 is 5.95 Å². The van der Waals surface area contributed by atoms with Crippen molar-refractivity contribution in [1.29, 1.82) is 0 Å². The van der Waals surface area contributed by atoms with E-state index in [2.05, 4.69) is 41.8 Å². The van der Waals surface area contributed by atoms with Crippen LogP contribution in [0.5, 0.6) is 0 Å². The summed E-state index contributed by atoms with van der Waals surface area (Å²) in [7, 11) is 0. The van der Waals surface area contributed by atoms with Crippen molar-refractivity contribution in [1.82, 2.24) is 9.55 Å². The molecule has 1 saturated carbocycles. The van der Waals surface area contributed by atoms with Crippen molar-refractivity contribution in [2.24, 2.45) is 0 Å². The predicted octanol–water partition coefficient (Wildman–Crippen LogP) is 2.82. The van der Waals surface area contributed by atoms with Crippen LogP contribution in [0.3, 0.4) is 0 Å². The van der Waals surface area contributed by atoms with E-state index in [0.29, 0.717) is 6.04 Å². The Morgan fingerprint density at radius 3 is 2.86 bits per heavy atom. The minimum atomic E-state index is 0.137. The maximum Gasteiger partial charge on any atom is 0.203 e. The highest BCUT2D eigenvalue weighted by molar-refractivity contribution is 5.31. The van der Waals surface area contributed by atoms with Gasteiger partial charge in [-0.15, -0.1) is 0 Å². The Morgan fingerprint density at radius 1 is 1.57 bits per heavy atom. The third-order valence-electron chi connectivity index (χ3n) is 2.94. The molecule has 0 spiro atoms. The van der Waals surface area contributed by atoms with Gasteiger partial charge >= 0.3 is 0 Å². The van der Waals surface area contributed by atoms with Crippen molar-refractivity contribution in [3.05, 3.63) is 12.4 Å². The molecule has 2 rings (SSSR count). The van der Waals surface area contributed by atoms with Gasteiger partial charge in [-0.2, -0.15) is 0 Å². The average Bonchev–Trinajstić information content (AvgIpc) is 2.88. The van der Waals surface area contributed by atoms with Crippen LogP contribution in [-0.4, -0.2) is 15.1 Å². The van der Waals surface area contributed by atoms with Gasteiger partial charge in [0.05, 0.1) is 0 Å². The molecule has 0 aliphatic heterocycles. The third-order valence-corrected chi connectivity index (χ3v) is 2.94. The van der Waals surface area contributed by atoms with E-state index < -0.39 is 0 Å². The van der Waals surface area contributed by atoms with Crippen LogP contribution in [0.1, 0.15) is 46.1 Å². The Morgan fingerprint density at radius 2 is 2.29 bits per heavy atom. The summed E-state index contributed by atoms with van der Waals surface area (Å²) in [6, 6.07) is 0.702. The molecule has 78 valence electrons. The zero-order valence-corrected chi connectivity index (χ0v) is 9.25. The molecular weight excluding hydrogens is 174 g/mol. The average molecular weight is 193 g/mol. The highest BCUT2D eigenvalue weighted by Crippen LogP contribution is 2.37. The number of anilines is 1. The molecule has 14 heavy (non-hydrogen) atoms. The van der Waals surface area contributed by atoms with Gasteiger partial charge in [-0.1, -0.05) is 6.92 Å². The zero-order valence-electron chi connectivity index (χ0n) is 9.25. The molecule has 3 nitrogen and oxygen atoms in total. The number of nitrogens with zero attached hydrogens (tertiary/aromatic N) is 2. The first-order valence-electron chi connectivity index (χ1n) is 5.43. The van der Waals surface area contributed by atoms with Crippen molar-refractivity contribution in [2.75, 3.05) is 5.32 Å². The fourth-order valence-corrected chi connectivity index (χ4v) is 1.45. The number of hydrogen-bond acceptors (Lipinski definition) is 2. The highest BCUT2D eigenvalue weighted by atomic mass is 15.2. The lowest BCUT2D eigenvalue weighted by Gasteiger charge is -2.25. The molecule has 1 aliphatic carbocycles. The molecule has 3 heteroatoms. The van der Waals surface area contributed by atoms with Gasteiger partial charge in [-0.25, -0.2) is 4.98 Å². The number of rotatable bonds is 4. The van der Waals surface area contributed by atoms with E-state index in [1.165, 1.54) is 12.8 Å². The second kappa shape index (κ2) is 3.30. The minimum absolute atomic E-state index is 0.137. The molecule has 1 fully saturated rings. The second-order valence-corrected chi connectivity index (χ2v) is 4.75. The smallest absolute Gasteiger partial charge is 0.203 e. The van der Waals surface area contributed by atoms with Gasteiger partial charge in [-0.3, -0.25) is 0 Å². The van der Waals surface area contributed by atoms with Crippen LogP contribution in [0.4, 0.5) is 5.95 Å². The lowest BCUT2D eigenvalue weighted by molar-refractivity contribution is 0.535. The van der Waals surface area contributed by atoms with Gasteiger partial charge in [0.15, 0.2) is 0 Å². The molecule has 1 aliphatic rings. The topological polar surface area (TPSA) is 29.9 Å². The van der Waals surface area contributed by atoms with Crippen LogP contribution < -0.4 is 5.32 Å². The summed E-state index contributed by atoms with van der Waals surface area (Å²) in [5.74, 6) is 1.03. The molecule has 0 atom stereocenters. The zero-order chi connectivity index (χ0) is 10.2. The van der Waals surface area contributed by atoms with Crippen LogP contribution in [0, 0.1) is 0 Å². The van der Waals surface area contributed by atoms with Gasteiger partial charge in [0.1, 0.15) is 0 Å². The number of imidazole rings is 1. The molecule has 1 aromatic heterocycles. The van der Waals surface area contributed by atoms with E-state index in [1.807, 2.05) is 6.20 Å². The van der Waals surface area contributed by atoms with Gasteiger partial charge < -0.3 is 9.88 Å². The van der Waals surface area contributed by atoms with Crippen LogP contribution in [0.2, 0.25) is 0 Å². The normalized spacial score (nSPS) is 17.1. The summed E-state index contributed by atoms with van der Waals surface area (Å²) in [5.41, 5.74) is 0.137. The molecule has 0 amide bonds. The fraction of sp³-hybridized carbons (Fsp3) is 0.727. The van der Waals surface area contributed by atoms with Crippen LogP contribution >= 0.6 is 0 Å². The summed E-state index contributed by atoms with van der Waals surface area (Å²) in [6.07, 6.45) is 7.66. The summed E-state index contributed by atoms with van der Waals surface area (Å²) >= 11 is 0. The molecule has 1 heterocycles. The van der Waals surface area contributed by atoms with E-state index in [4.69, 9.17) is 0 Å². The SMILES string of the molecule is CCC(C)(C)Nc1nccn1C1CC1. The molecule has 0 radical (unpaired) electrons. The Bertz CT molecular complexity index is 310. The molecule has 1 aromatic rings. The maximum atomic E-state index is 4.36. The van der Waals surface area contributed by atoms with E-state index in [9.17, 15) is 0 Å². The Labute approximate surface area is 85.5 Å². The quantitative estimate of drug-likeness (QED) is 0.797. The first-order valence-corrected chi connectivity index (χ1v) is 5.43. The van der Waals surface area contributed by atoms with Crippen molar-refractivity contribution in [2.45, 2.75) is 51.6 Å². The first kappa shape index (κ1) is 9.56. The van der Waals surface area contributed by atoms with Crippen LogP contribution in [0.15, 0.2) is 12.4 Å². The van der Waals surface area contributed by atoms with E-state index in [1.54, 1.807) is 0 Å². The lowest BCUT2D eigenvalue weighted by Crippen LogP contribution is -2.31. The number of aromatic nitrogens is 2. The molecular formula is C11H19N3. The Kier molecular flexibility index (Phi) is 2.25. The number of hydrogen-bond donors (Lipinski definition) is 1. The predicted molar refractivity (Wildman–Crippen MR) is 58.5 cm³/mol. The molecule has 0 aromatic carbocycles. The van der Waals surface area contributed by atoms with Gasteiger partial charge in [0.2, 0.25) is 5.95 Å². The van der Waals surface area contributed by atoms with Crippen molar-refractivity contribution in [3.8, 4) is 0 Å². The highest BCUT2D eigenvalue weighted by Gasteiger charge is 2.27. The van der Waals surface area contributed by atoms with E-state index in [-0.39, 0.29) is 5.54 Å². The van der Waals surface area contributed by atoms with E-state index >= 15 is 0 Å². The summed E-state index contributed by atoms with van der Waals surface area (Å²) in [6.45, 7) is 6.61. The van der Waals surface area contributed by atoms with Gasteiger partial charge in [-0.05, 0) is 33.1 Å². The maximum absolute atomic E-state index is 4.36. The van der Waals surface area contributed by atoms with Crippen LogP contribution in [0.25, 0.3) is 0 Å². The second-order valence-electron chi connectivity index (χ2n) is 4.75. The monoisotopic (exact) mass is 193 g/mol. The molecule has 0 saturated heterocycles. The Balaban J connectivity index is 2.11. The standard InChI is InChI=1S/C11H19N3/c1-4-11(2,3)13-10-12-7-8-14(10)9-5-6-9/h7-9H,4-6H2,1-3H3,(H,12,13). The van der Waals surface area contributed by atoms with Crippen LogP contribution in [-0.2, 0) is 0 Å². The summed E-state index contributed by atoms with van der Waals surface area (Å²) in [4.78, 5) is 4.36. The van der Waals surface area contributed by atoms with Gasteiger partial charge in [0.25, 0.3) is 0 Å². The summed E-state index contributed by atoms with van der Waals surface area (Å²) in [5, 5.41) is 3.49. The van der Waals surface area contributed by atoms with Crippen molar-refractivity contribution in [3.63, 3.8) is 0 Å². The first-order chi connectivity index (χ1) is 6.62. The van der Waals surface area contributed by atoms with E-state index in [0.717, 1.165) is 12.4 Å². The minimum Gasteiger partial charge on any atom is -0.351 e. The fourth-order valence-electron chi connectivity index (χ4n) is 1.45. The lowest BCUT2D eigenvalue weighted by atomic mass is 10.0. The largest absolute Gasteiger partial charge is 0.351 e.